The quantitative estimate of drug-likeness (QED) is 0.209. The summed E-state index contributed by atoms with van der Waals surface area (Å²) < 4.78 is 44.3. The van der Waals surface area contributed by atoms with E-state index in [4.69, 9.17) is 28.3 Å². The molecule has 1 aliphatic rings. The monoisotopic (exact) mass is 618 g/mol. The highest BCUT2D eigenvalue weighted by molar-refractivity contribution is 9.10. The third-order valence-electron chi connectivity index (χ3n) is 6.09. The van der Waals surface area contributed by atoms with Gasteiger partial charge in [-0.25, -0.2) is 4.68 Å². The van der Waals surface area contributed by atoms with Crippen LogP contribution in [0.1, 0.15) is 24.3 Å². The minimum Gasteiger partial charge on any atom is -0.230 e. The van der Waals surface area contributed by atoms with Crippen LogP contribution in [0.25, 0.3) is 27.6 Å². The lowest BCUT2D eigenvalue weighted by molar-refractivity contribution is -0.212. The van der Waals surface area contributed by atoms with Crippen molar-refractivity contribution in [3.8, 4) is 27.6 Å². The van der Waals surface area contributed by atoms with Gasteiger partial charge in [0.05, 0.1) is 21.3 Å². The van der Waals surface area contributed by atoms with Crippen LogP contribution in [-0.4, -0.2) is 32.4 Å². The maximum atomic E-state index is 13.9. The SMILES string of the molecule is CSc1c(-c2nnc(C3(C(F)(F)F)CCC3)s2)nn(-c2ccc(Cl)cc2Cl)c1-c1ccc(Br)cc1. The highest BCUT2D eigenvalue weighted by atomic mass is 79.9. The molecule has 0 saturated heterocycles. The third kappa shape index (κ3) is 4.31. The van der Waals surface area contributed by atoms with Crippen molar-refractivity contribution in [2.75, 3.05) is 6.26 Å². The van der Waals surface area contributed by atoms with Crippen LogP contribution in [-0.2, 0) is 5.41 Å². The standard InChI is InChI=1S/C23H16BrCl2F3N4S2/c1-34-19-17(20-30-31-21(35-20)22(9-2-10-22)23(27,28)29)32-33(16-8-7-14(25)11-15(16)26)18(19)12-3-5-13(24)6-4-12/h3-8,11H,2,9-10H2,1H3. The lowest BCUT2D eigenvalue weighted by Gasteiger charge is -2.40. The smallest absolute Gasteiger partial charge is 0.230 e. The van der Waals surface area contributed by atoms with E-state index in [1.807, 2.05) is 30.5 Å². The van der Waals surface area contributed by atoms with Crippen LogP contribution in [0.4, 0.5) is 13.2 Å². The van der Waals surface area contributed by atoms with Crippen molar-refractivity contribution >= 4 is 62.2 Å². The zero-order valence-electron chi connectivity index (χ0n) is 18.0. The molecule has 0 bridgehead atoms. The van der Waals surface area contributed by atoms with E-state index in [9.17, 15) is 13.2 Å². The summed E-state index contributed by atoms with van der Waals surface area (Å²) in [5.74, 6) is 0. The molecule has 0 radical (unpaired) electrons. The van der Waals surface area contributed by atoms with E-state index < -0.39 is 11.6 Å². The first-order valence-corrected chi connectivity index (χ1v) is 14.0. The molecular weight excluding hydrogens is 604 g/mol. The molecule has 1 aliphatic carbocycles. The molecule has 0 amide bonds. The van der Waals surface area contributed by atoms with Crippen LogP contribution in [0.15, 0.2) is 51.8 Å². The molecule has 0 aliphatic heterocycles. The molecule has 4 nitrogen and oxygen atoms in total. The summed E-state index contributed by atoms with van der Waals surface area (Å²) in [5.41, 5.74) is 0.736. The fourth-order valence-electron chi connectivity index (χ4n) is 4.09. The van der Waals surface area contributed by atoms with Crippen LogP contribution in [0.3, 0.4) is 0 Å². The van der Waals surface area contributed by atoms with Crippen molar-refractivity contribution in [2.24, 2.45) is 0 Å². The Bertz CT molecular complexity index is 1400. The summed E-state index contributed by atoms with van der Waals surface area (Å²) in [6.45, 7) is 0. The molecule has 12 heteroatoms. The van der Waals surface area contributed by atoms with Crippen molar-refractivity contribution in [3.63, 3.8) is 0 Å². The molecule has 2 aromatic heterocycles. The molecular formula is C23H16BrCl2F3N4S2. The van der Waals surface area contributed by atoms with Crippen molar-refractivity contribution in [3.05, 3.63) is 62.0 Å². The summed E-state index contributed by atoms with van der Waals surface area (Å²) >= 11 is 18.5. The molecule has 0 N–H and O–H groups in total. The van der Waals surface area contributed by atoms with E-state index in [1.54, 1.807) is 22.9 Å². The number of alkyl halides is 3. The van der Waals surface area contributed by atoms with Gasteiger partial charge in [0.2, 0.25) is 0 Å². The Labute approximate surface area is 226 Å². The zero-order chi connectivity index (χ0) is 25.0. The summed E-state index contributed by atoms with van der Waals surface area (Å²) in [6.07, 6.45) is -1.91. The van der Waals surface area contributed by atoms with Gasteiger partial charge in [-0.1, -0.05) is 69.0 Å². The van der Waals surface area contributed by atoms with Gasteiger partial charge < -0.3 is 0 Å². The fourth-order valence-corrected chi connectivity index (χ4v) is 6.73. The van der Waals surface area contributed by atoms with Gasteiger partial charge in [0.25, 0.3) is 0 Å². The van der Waals surface area contributed by atoms with E-state index in [-0.39, 0.29) is 17.8 Å². The zero-order valence-corrected chi connectivity index (χ0v) is 22.8. The topological polar surface area (TPSA) is 43.6 Å². The van der Waals surface area contributed by atoms with Crippen molar-refractivity contribution in [1.82, 2.24) is 20.0 Å². The highest BCUT2D eigenvalue weighted by Gasteiger charge is 2.61. The van der Waals surface area contributed by atoms with Gasteiger partial charge in [0.1, 0.15) is 16.1 Å². The second kappa shape index (κ2) is 9.37. The molecule has 1 saturated carbocycles. The summed E-state index contributed by atoms with van der Waals surface area (Å²) in [6, 6.07) is 12.8. The molecule has 2 heterocycles. The van der Waals surface area contributed by atoms with Gasteiger partial charge in [-0.05, 0) is 49.4 Å². The fraction of sp³-hybridized carbons (Fsp3) is 0.261. The molecule has 4 aromatic rings. The van der Waals surface area contributed by atoms with Gasteiger partial charge in [-0.15, -0.1) is 22.0 Å². The average molecular weight is 620 g/mol. The summed E-state index contributed by atoms with van der Waals surface area (Å²) in [5, 5.41) is 14.1. The Morgan fingerprint density at radius 1 is 1.09 bits per heavy atom. The number of thioether (sulfide) groups is 1. The van der Waals surface area contributed by atoms with Crippen molar-refractivity contribution in [2.45, 2.75) is 35.7 Å². The Balaban J connectivity index is 1.71. The predicted molar refractivity (Wildman–Crippen MR) is 139 cm³/mol. The number of aromatic nitrogens is 4. The molecule has 35 heavy (non-hydrogen) atoms. The van der Waals surface area contributed by atoms with E-state index in [2.05, 4.69) is 26.1 Å². The summed E-state index contributed by atoms with van der Waals surface area (Å²) in [4.78, 5) is 0.760. The molecule has 182 valence electrons. The van der Waals surface area contributed by atoms with Gasteiger partial charge in [0.15, 0.2) is 5.01 Å². The van der Waals surface area contributed by atoms with Gasteiger partial charge in [-0.2, -0.15) is 18.3 Å². The lowest BCUT2D eigenvalue weighted by Crippen LogP contribution is -2.47. The highest BCUT2D eigenvalue weighted by Crippen LogP contribution is 2.56. The number of hydrogen-bond acceptors (Lipinski definition) is 5. The van der Waals surface area contributed by atoms with Crippen LogP contribution in [0, 0.1) is 0 Å². The molecule has 5 rings (SSSR count). The van der Waals surface area contributed by atoms with E-state index in [1.165, 1.54) is 11.8 Å². The minimum atomic E-state index is -4.37. The Kier molecular flexibility index (Phi) is 6.71. The van der Waals surface area contributed by atoms with E-state index in [0.29, 0.717) is 32.9 Å². The Morgan fingerprint density at radius 2 is 1.80 bits per heavy atom. The minimum absolute atomic E-state index is 0.0115. The van der Waals surface area contributed by atoms with Crippen LogP contribution < -0.4 is 0 Å². The van der Waals surface area contributed by atoms with Gasteiger partial charge in [-0.3, -0.25) is 0 Å². The number of hydrogen-bond donors (Lipinski definition) is 0. The lowest BCUT2D eigenvalue weighted by atomic mass is 9.68. The van der Waals surface area contributed by atoms with E-state index >= 15 is 0 Å². The largest absolute Gasteiger partial charge is 0.400 e. The molecule has 0 unspecified atom stereocenters. The molecule has 2 aromatic carbocycles. The Morgan fingerprint density at radius 3 is 2.37 bits per heavy atom. The van der Waals surface area contributed by atoms with Gasteiger partial charge >= 0.3 is 6.18 Å². The second-order valence-electron chi connectivity index (χ2n) is 8.09. The number of benzene rings is 2. The summed E-state index contributed by atoms with van der Waals surface area (Å²) in [7, 11) is 0. The number of nitrogens with zero attached hydrogens (tertiary/aromatic N) is 4. The second-order valence-corrected chi connectivity index (χ2v) is 11.6. The van der Waals surface area contributed by atoms with Crippen LogP contribution in [0.5, 0.6) is 0 Å². The van der Waals surface area contributed by atoms with Crippen molar-refractivity contribution < 1.29 is 13.2 Å². The number of rotatable bonds is 5. The van der Waals surface area contributed by atoms with E-state index in [0.717, 1.165) is 32.0 Å². The average Bonchev–Trinajstić information content (AvgIpc) is 3.37. The van der Waals surface area contributed by atoms with Crippen LogP contribution in [0.2, 0.25) is 10.0 Å². The third-order valence-corrected chi connectivity index (χ3v) is 9.08. The first-order valence-electron chi connectivity index (χ1n) is 10.4. The molecule has 1 fully saturated rings. The van der Waals surface area contributed by atoms with Crippen LogP contribution >= 0.6 is 62.2 Å². The molecule has 0 spiro atoms. The predicted octanol–water partition coefficient (Wildman–Crippen LogP) is 8.83. The first-order chi connectivity index (χ1) is 16.6. The maximum Gasteiger partial charge on any atom is 0.400 e. The normalized spacial score (nSPS) is 15.3. The molecule has 0 atom stereocenters. The van der Waals surface area contributed by atoms with Gasteiger partial charge in [0, 0.05) is 15.1 Å². The maximum absolute atomic E-state index is 13.9. The van der Waals surface area contributed by atoms with Crippen molar-refractivity contribution in [1.29, 1.82) is 0 Å². The number of halogens is 6. The first kappa shape index (κ1) is 25.1. The Hall–Kier alpha value is -1.59.